The Labute approximate surface area is 163 Å². The molecule has 1 aliphatic rings. The van der Waals surface area contributed by atoms with Crippen LogP contribution >= 0.6 is 0 Å². The van der Waals surface area contributed by atoms with Gasteiger partial charge in [0.05, 0.1) is 19.3 Å². The van der Waals surface area contributed by atoms with Gasteiger partial charge in [0.2, 0.25) is 0 Å². The molecule has 2 atom stereocenters. The molecule has 6 heteroatoms. The van der Waals surface area contributed by atoms with E-state index >= 15 is 0 Å². The third kappa shape index (κ3) is 9.75. The maximum Gasteiger partial charge on any atom is 0.410 e. The molecule has 0 radical (unpaired) electrons. The predicted molar refractivity (Wildman–Crippen MR) is 106 cm³/mol. The van der Waals surface area contributed by atoms with Gasteiger partial charge in [0.15, 0.2) is 0 Å². The molecule has 1 aromatic rings. The number of rotatable bonds is 6. The monoisotopic (exact) mass is 381 g/mol. The number of hydrogen-bond acceptors (Lipinski definition) is 5. The maximum atomic E-state index is 12.1. The maximum absolute atomic E-state index is 12.1. The first kappa shape index (κ1) is 23.4. The molecule has 0 N–H and O–H groups in total. The van der Waals surface area contributed by atoms with Crippen LogP contribution in [-0.2, 0) is 25.6 Å². The van der Waals surface area contributed by atoms with Crippen molar-refractivity contribution in [2.24, 2.45) is 0 Å². The molecule has 0 aromatic heterocycles. The molecule has 1 amide bonds. The van der Waals surface area contributed by atoms with Crippen molar-refractivity contribution >= 4 is 6.09 Å². The molecule has 1 heterocycles. The quantitative estimate of drug-likeness (QED) is 0.545. The number of ether oxygens (including phenoxy) is 4. The molecule has 27 heavy (non-hydrogen) atoms. The van der Waals surface area contributed by atoms with Crippen LogP contribution in [0.25, 0.3) is 0 Å². The summed E-state index contributed by atoms with van der Waals surface area (Å²) in [6, 6.07) is 10.2. The Balaban J connectivity index is 0.000000527. The van der Waals surface area contributed by atoms with Crippen LogP contribution in [0.5, 0.6) is 0 Å². The van der Waals surface area contributed by atoms with Crippen molar-refractivity contribution < 1.29 is 23.7 Å². The lowest BCUT2D eigenvalue weighted by Gasteiger charge is -2.26. The molecule has 0 saturated carbocycles. The lowest BCUT2D eigenvalue weighted by atomic mass is 10.2. The molecular formula is C21H35NO5. The van der Waals surface area contributed by atoms with Gasteiger partial charge in [0.1, 0.15) is 12.4 Å². The number of carbonyl (C=O) groups is 1. The van der Waals surface area contributed by atoms with Gasteiger partial charge in [-0.25, -0.2) is 4.79 Å². The second kappa shape index (κ2) is 12.0. The molecule has 0 aliphatic carbocycles. The van der Waals surface area contributed by atoms with Crippen LogP contribution in [0, 0.1) is 0 Å². The molecule has 2 rings (SSSR count). The summed E-state index contributed by atoms with van der Waals surface area (Å²) in [5.74, 6) is 0. The molecule has 2 unspecified atom stereocenters. The van der Waals surface area contributed by atoms with E-state index in [1.54, 1.807) is 12.0 Å². The average Bonchev–Trinajstić information content (AvgIpc) is 2.99. The molecule has 0 bridgehead atoms. The highest BCUT2D eigenvalue weighted by Gasteiger charge is 2.35. The lowest BCUT2D eigenvalue weighted by molar-refractivity contribution is -0.0250. The fourth-order valence-electron chi connectivity index (χ4n) is 2.63. The summed E-state index contributed by atoms with van der Waals surface area (Å²) in [4.78, 5) is 13.9. The summed E-state index contributed by atoms with van der Waals surface area (Å²) in [5.41, 5.74) is 0.695. The van der Waals surface area contributed by atoms with E-state index < -0.39 is 5.60 Å². The Hall–Kier alpha value is -1.63. The number of hydrogen-bond donors (Lipinski definition) is 0. The molecule has 1 aliphatic heterocycles. The number of nitrogens with zero attached hydrogens (tertiary/aromatic N) is 1. The van der Waals surface area contributed by atoms with E-state index in [2.05, 4.69) is 4.74 Å². The molecule has 6 nitrogen and oxygen atoms in total. The van der Waals surface area contributed by atoms with E-state index in [-0.39, 0.29) is 18.2 Å². The molecule has 154 valence electrons. The van der Waals surface area contributed by atoms with E-state index in [1.165, 1.54) is 0 Å². The van der Waals surface area contributed by atoms with Gasteiger partial charge in [-0.05, 0) is 46.6 Å². The van der Waals surface area contributed by atoms with Gasteiger partial charge in [-0.3, -0.25) is 0 Å². The molecular weight excluding hydrogens is 346 g/mol. The molecule has 1 fully saturated rings. The van der Waals surface area contributed by atoms with E-state index in [0.29, 0.717) is 19.9 Å². The van der Waals surface area contributed by atoms with Gasteiger partial charge in [-0.2, -0.15) is 0 Å². The number of benzene rings is 1. The third-order valence-corrected chi connectivity index (χ3v) is 3.90. The highest BCUT2D eigenvalue weighted by molar-refractivity contribution is 5.69. The van der Waals surface area contributed by atoms with Gasteiger partial charge in [0, 0.05) is 19.8 Å². The van der Waals surface area contributed by atoms with Crippen LogP contribution in [0.3, 0.4) is 0 Å². The van der Waals surface area contributed by atoms with Crippen molar-refractivity contribution in [2.75, 3.05) is 27.1 Å². The average molecular weight is 382 g/mol. The SMILES string of the molecule is CC1CC(OCc2ccccc2)CN1C(=O)OC(C)(C)C.CCOCOC. The third-order valence-electron chi connectivity index (χ3n) is 3.90. The van der Waals surface area contributed by atoms with Crippen molar-refractivity contribution in [3.63, 3.8) is 0 Å². The molecule has 1 aromatic carbocycles. The van der Waals surface area contributed by atoms with Crippen LogP contribution in [0.15, 0.2) is 30.3 Å². The lowest BCUT2D eigenvalue weighted by Crippen LogP contribution is -2.39. The van der Waals surface area contributed by atoms with Gasteiger partial charge >= 0.3 is 6.09 Å². The topological polar surface area (TPSA) is 57.2 Å². The van der Waals surface area contributed by atoms with Crippen LogP contribution in [0.4, 0.5) is 4.79 Å². The Morgan fingerprint density at radius 3 is 2.41 bits per heavy atom. The predicted octanol–water partition coefficient (Wildman–Crippen LogP) is 4.23. The summed E-state index contributed by atoms with van der Waals surface area (Å²) < 4.78 is 20.7. The van der Waals surface area contributed by atoms with E-state index in [9.17, 15) is 4.79 Å². The normalized spacial score (nSPS) is 19.4. The highest BCUT2D eigenvalue weighted by Crippen LogP contribution is 2.23. The number of amides is 1. The van der Waals surface area contributed by atoms with Gasteiger partial charge < -0.3 is 23.8 Å². The second-order valence-electron chi connectivity index (χ2n) is 7.54. The zero-order valence-corrected chi connectivity index (χ0v) is 17.6. The highest BCUT2D eigenvalue weighted by atomic mass is 16.7. The summed E-state index contributed by atoms with van der Waals surface area (Å²) in [6.07, 6.45) is 0.681. The minimum Gasteiger partial charge on any atom is -0.444 e. The molecule has 0 spiro atoms. The Morgan fingerprint density at radius 1 is 1.22 bits per heavy atom. The fraction of sp³-hybridized carbons (Fsp3) is 0.667. The van der Waals surface area contributed by atoms with Crippen molar-refractivity contribution in [2.45, 2.75) is 65.4 Å². The van der Waals surface area contributed by atoms with Crippen LogP contribution < -0.4 is 0 Å². The Morgan fingerprint density at radius 2 is 1.89 bits per heavy atom. The van der Waals surface area contributed by atoms with Crippen molar-refractivity contribution in [1.29, 1.82) is 0 Å². The van der Waals surface area contributed by atoms with E-state index in [0.717, 1.165) is 18.6 Å². The zero-order chi connectivity index (χ0) is 20.3. The zero-order valence-electron chi connectivity index (χ0n) is 17.6. The number of carbonyl (C=O) groups excluding carboxylic acids is 1. The summed E-state index contributed by atoms with van der Waals surface area (Å²) in [7, 11) is 1.61. The van der Waals surface area contributed by atoms with Crippen LogP contribution in [0.1, 0.15) is 46.6 Å². The van der Waals surface area contributed by atoms with Gasteiger partial charge in [0.25, 0.3) is 0 Å². The van der Waals surface area contributed by atoms with Gasteiger partial charge in [-0.1, -0.05) is 30.3 Å². The Kier molecular flexibility index (Phi) is 10.4. The number of likely N-dealkylation sites (tertiary alicyclic amines) is 1. The Bertz CT molecular complexity index is 525. The minimum absolute atomic E-state index is 0.0766. The summed E-state index contributed by atoms with van der Waals surface area (Å²) in [5, 5.41) is 0. The van der Waals surface area contributed by atoms with E-state index in [4.69, 9.17) is 14.2 Å². The van der Waals surface area contributed by atoms with Crippen LogP contribution in [0.2, 0.25) is 0 Å². The summed E-state index contributed by atoms with van der Waals surface area (Å²) >= 11 is 0. The first-order valence-corrected chi connectivity index (χ1v) is 9.48. The second-order valence-corrected chi connectivity index (χ2v) is 7.54. The van der Waals surface area contributed by atoms with Gasteiger partial charge in [-0.15, -0.1) is 0 Å². The standard InChI is InChI=1S/C17H25NO3.C4H10O2/c1-13-10-15(20-12-14-8-6-5-7-9-14)11-18(13)16(19)21-17(2,3)4;1-3-6-4-5-2/h5-9,13,15H,10-12H2,1-4H3;3-4H2,1-2H3. The van der Waals surface area contributed by atoms with Crippen molar-refractivity contribution in [3.05, 3.63) is 35.9 Å². The largest absolute Gasteiger partial charge is 0.444 e. The van der Waals surface area contributed by atoms with Crippen LogP contribution in [-0.4, -0.2) is 55.8 Å². The summed E-state index contributed by atoms with van der Waals surface area (Å²) in [6.45, 7) is 11.9. The first-order chi connectivity index (χ1) is 12.8. The molecule has 1 saturated heterocycles. The minimum atomic E-state index is -0.459. The first-order valence-electron chi connectivity index (χ1n) is 9.48. The number of methoxy groups -OCH3 is 1. The van der Waals surface area contributed by atoms with E-state index in [1.807, 2.05) is 65.0 Å². The van der Waals surface area contributed by atoms with Crippen molar-refractivity contribution in [3.8, 4) is 0 Å². The smallest absolute Gasteiger partial charge is 0.410 e. The fourth-order valence-corrected chi connectivity index (χ4v) is 2.63. The van der Waals surface area contributed by atoms with Crippen molar-refractivity contribution in [1.82, 2.24) is 4.90 Å².